The summed E-state index contributed by atoms with van der Waals surface area (Å²) in [5.41, 5.74) is 1.02. The summed E-state index contributed by atoms with van der Waals surface area (Å²) < 4.78 is 12.4. The summed E-state index contributed by atoms with van der Waals surface area (Å²) in [5.74, 6) is 0.636. The smallest absolute Gasteiger partial charge is 0.272 e. The Hall–Kier alpha value is -3.00. The number of hydrogen-bond donors (Lipinski definition) is 0. The third kappa shape index (κ3) is 5.32. The zero-order chi connectivity index (χ0) is 24.1. The molecule has 186 valence electrons. The first-order chi connectivity index (χ1) is 17.2. The highest BCUT2D eigenvalue weighted by atomic mass is 16.5. The molecule has 3 aliphatic heterocycles. The van der Waals surface area contributed by atoms with Crippen molar-refractivity contribution in [1.29, 1.82) is 0 Å². The van der Waals surface area contributed by atoms with E-state index in [1.165, 1.54) is 6.33 Å². The lowest BCUT2D eigenvalue weighted by atomic mass is 9.75. The van der Waals surface area contributed by atoms with Gasteiger partial charge in [0.15, 0.2) is 0 Å². The van der Waals surface area contributed by atoms with Crippen LogP contribution >= 0.6 is 0 Å². The van der Waals surface area contributed by atoms with Crippen LogP contribution in [-0.4, -0.2) is 77.1 Å². The molecule has 0 saturated carbocycles. The van der Waals surface area contributed by atoms with E-state index < -0.39 is 0 Å². The number of aromatic nitrogens is 2. The maximum Gasteiger partial charge on any atom is 0.272 e. The molecule has 8 heteroatoms. The van der Waals surface area contributed by atoms with Gasteiger partial charge in [0.1, 0.15) is 17.8 Å². The second kappa shape index (κ2) is 10.7. The van der Waals surface area contributed by atoms with Crippen molar-refractivity contribution in [3.05, 3.63) is 54.1 Å². The van der Waals surface area contributed by atoms with Gasteiger partial charge in [0.2, 0.25) is 0 Å². The molecule has 35 heavy (non-hydrogen) atoms. The summed E-state index contributed by atoms with van der Waals surface area (Å²) in [6.07, 6.45) is 9.78. The summed E-state index contributed by atoms with van der Waals surface area (Å²) in [6.45, 7) is 3.94. The first-order valence-electron chi connectivity index (χ1n) is 12.8. The Morgan fingerprint density at radius 3 is 2.71 bits per heavy atom. The topological polar surface area (TPSA) is 84.9 Å². The third-order valence-electron chi connectivity index (χ3n) is 7.76. The van der Waals surface area contributed by atoms with E-state index in [2.05, 4.69) is 9.97 Å². The van der Waals surface area contributed by atoms with Crippen LogP contribution < -0.4 is 4.74 Å². The molecule has 2 saturated heterocycles. The molecule has 0 bridgehead atoms. The Morgan fingerprint density at radius 1 is 1.03 bits per heavy atom. The van der Waals surface area contributed by atoms with E-state index in [1.54, 1.807) is 12.3 Å². The Balaban J connectivity index is 1.32. The lowest BCUT2D eigenvalue weighted by molar-refractivity contribution is 0.0300. The monoisotopic (exact) mass is 478 g/mol. The lowest BCUT2D eigenvalue weighted by Crippen LogP contribution is -2.46. The van der Waals surface area contributed by atoms with E-state index in [9.17, 15) is 9.59 Å². The number of nitrogens with zero attached hydrogens (tertiary/aromatic N) is 4. The van der Waals surface area contributed by atoms with E-state index in [-0.39, 0.29) is 23.3 Å². The van der Waals surface area contributed by atoms with Gasteiger partial charge < -0.3 is 19.3 Å². The first kappa shape index (κ1) is 23.7. The van der Waals surface area contributed by atoms with Crippen molar-refractivity contribution in [2.75, 3.05) is 39.5 Å². The number of piperidine rings is 1. The quantitative estimate of drug-likeness (QED) is 0.623. The molecule has 2 fully saturated rings. The fraction of sp³-hybridized carbons (Fsp3) is 0.556. The first-order valence-corrected chi connectivity index (χ1v) is 12.8. The Kier molecular flexibility index (Phi) is 7.27. The highest BCUT2D eigenvalue weighted by molar-refractivity contribution is 5.97. The van der Waals surface area contributed by atoms with Gasteiger partial charge in [-0.2, -0.15) is 0 Å². The summed E-state index contributed by atoms with van der Waals surface area (Å²) >= 11 is 0. The molecule has 0 radical (unpaired) electrons. The number of carbonyl (C=O) groups excluding carboxylic acids is 2. The second-order valence-corrected chi connectivity index (χ2v) is 10.00. The van der Waals surface area contributed by atoms with Crippen molar-refractivity contribution < 1.29 is 19.1 Å². The van der Waals surface area contributed by atoms with Gasteiger partial charge in [-0.05, 0) is 56.7 Å². The minimum absolute atomic E-state index is 0.0306. The molecule has 0 aliphatic carbocycles. The standard InChI is InChI=1S/C27H34N4O4/c32-25-22-7-1-2-8-24(22)35-19-27(10-3-4-17-34-18-21-6-5-14-31(21)25)11-15-30(16-12-27)26(33)23-9-13-28-20-29-23/h1-2,7-9,13,20-21H,3-6,10-12,14-19H2/t21-/m0/s1. The van der Waals surface area contributed by atoms with E-state index in [0.29, 0.717) is 49.9 Å². The van der Waals surface area contributed by atoms with Gasteiger partial charge in [0, 0.05) is 37.9 Å². The Labute approximate surface area is 206 Å². The predicted molar refractivity (Wildman–Crippen MR) is 130 cm³/mol. The van der Waals surface area contributed by atoms with Crippen LogP contribution in [0.4, 0.5) is 0 Å². The number of likely N-dealkylation sites (tertiary alicyclic amines) is 1. The van der Waals surface area contributed by atoms with Crippen LogP contribution in [0.15, 0.2) is 42.9 Å². The average Bonchev–Trinajstić information content (AvgIpc) is 3.38. The summed E-state index contributed by atoms with van der Waals surface area (Å²) in [5, 5.41) is 0. The lowest BCUT2D eigenvalue weighted by Gasteiger charge is -2.42. The molecular weight excluding hydrogens is 444 g/mol. The molecular formula is C27H34N4O4. The van der Waals surface area contributed by atoms with Crippen LogP contribution in [0.25, 0.3) is 0 Å². The average molecular weight is 479 g/mol. The molecule has 4 heterocycles. The molecule has 2 aromatic rings. The van der Waals surface area contributed by atoms with Crippen molar-refractivity contribution in [2.24, 2.45) is 5.41 Å². The van der Waals surface area contributed by atoms with Crippen molar-refractivity contribution in [3.8, 4) is 5.75 Å². The number of benzene rings is 1. The van der Waals surface area contributed by atoms with Crippen LogP contribution in [0, 0.1) is 5.41 Å². The summed E-state index contributed by atoms with van der Waals surface area (Å²) in [6, 6.07) is 9.41. The Bertz CT molecular complexity index is 1020. The van der Waals surface area contributed by atoms with E-state index in [4.69, 9.17) is 9.47 Å². The van der Waals surface area contributed by atoms with Crippen LogP contribution in [-0.2, 0) is 4.74 Å². The predicted octanol–water partition coefficient (Wildman–Crippen LogP) is 3.58. The molecule has 0 N–H and O–H groups in total. The number of fused-ring (bicyclic) bond motifs is 2. The van der Waals surface area contributed by atoms with E-state index in [1.807, 2.05) is 34.1 Å². The number of ether oxygens (including phenoxy) is 2. The zero-order valence-electron chi connectivity index (χ0n) is 20.2. The van der Waals surface area contributed by atoms with E-state index in [0.717, 1.165) is 51.5 Å². The molecule has 5 rings (SSSR count). The van der Waals surface area contributed by atoms with Gasteiger partial charge in [-0.25, -0.2) is 9.97 Å². The highest BCUT2D eigenvalue weighted by Gasteiger charge is 2.38. The Morgan fingerprint density at radius 2 is 1.89 bits per heavy atom. The van der Waals surface area contributed by atoms with Gasteiger partial charge in [-0.15, -0.1) is 0 Å². The zero-order valence-corrected chi connectivity index (χ0v) is 20.2. The molecule has 2 amide bonds. The largest absolute Gasteiger partial charge is 0.492 e. The van der Waals surface area contributed by atoms with Gasteiger partial charge in [-0.1, -0.05) is 18.6 Å². The minimum atomic E-state index is -0.0476. The van der Waals surface area contributed by atoms with Crippen LogP contribution in [0.5, 0.6) is 5.75 Å². The third-order valence-corrected chi connectivity index (χ3v) is 7.76. The van der Waals surface area contributed by atoms with Crippen molar-refractivity contribution in [1.82, 2.24) is 19.8 Å². The molecule has 1 aromatic carbocycles. The molecule has 3 aliphatic rings. The molecule has 1 aromatic heterocycles. The molecule has 8 nitrogen and oxygen atoms in total. The number of rotatable bonds is 1. The summed E-state index contributed by atoms with van der Waals surface area (Å²) in [4.78, 5) is 38.2. The van der Waals surface area contributed by atoms with E-state index >= 15 is 0 Å². The normalized spacial score (nSPS) is 23.2. The second-order valence-electron chi connectivity index (χ2n) is 10.00. The maximum absolute atomic E-state index is 13.4. The number of hydrogen-bond acceptors (Lipinski definition) is 6. The van der Waals surface area contributed by atoms with Gasteiger partial charge in [0.25, 0.3) is 11.8 Å². The number of amides is 2. The highest BCUT2D eigenvalue weighted by Crippen LogP contribution is 2.38. The van der Waals surface area contributed by atoms with Gasteiger partial charge in [0.05, 0.1) is 24.8 Å². The van der Waals surface area contributed by atoms with Crippen molar-refractivity contribution in [2.45, 2.75) is 51.0 Å². The SMILES string of the molecule is O=C(c1ccncn1)N1CCC2(CCCCOC[C@@H]3CCCN3C(=O)c3ccccc3OC2)CC1. The van der Waals surface area contributed by atoms with Gasteiger partial charge in [-0.3, -0.25) is 9.59 Å². The van der Waals surface area contributed by atoms with Crippen molar-refractivity contribution in [3.63, 3.8) is 0 Å². The number of para-hydroxylation sites is 1. The summed E-state index contributed by atoms with van der Waals surface area (Å²) in [7, 11) is 0. The fourth-order valence-corrected chi connectivity index (χ4v) is 5.58. The number of carbonyl (C=O) groups is 2. The van der Waals surface area contributed by atoms with Gasteiger partial charge >= 0.3 is 0 Å². The van der Waals surface area contributed by atoms with Crippen LogP contribution in [0.2, 0.25) is 0 Å². The maximum atomic E-state index is 13.4. The molecule has 1 atom stereocenters. The molecule has 0 unspecified atom stereocenters. The van der Waals surface area contributed by atoms with Crippen LogP contribution in [0.3, 0.4) is 0 Å². The van der Waals surface area contributed by atoms with Crippen molar-refractivity contribution >= 4 is 11.8 Å². The minimum Gasteiger partial charge on any atom is -0.492 e. The molecule has 1 spiro atoms. The fourth-order valence-electron chi connectivity index (χ4n) is 5.58. The van der Waals surface area contributed by atoms with Crippen LogP contribution in [0.1, 0.15) is 65.8 Å².